The first-order chi connectivity index (χ1) is 27.3. The summed E-state index contributed by atoms with van der Waals surface area (Å²) < 4.78 is 16.8. The van der Waals surface area contributed by atoms with E-state index in [1.807, 2.05) is 0 Å². The van der Waals surface area contributed by atoms with Gasteiger partial charge in [-0.1, -0.05) is 234 Å². The highest BCUT2D eigenvalue weighted by Gasteiger charge is 2.19. The highest BCUT2D eigenvalue weighted by Crippen LogP contribution is 2.18. The monoisotopic (exact) mass is 793 g/mol. The molecule has 6 heteroatoms. The molecule has 3 atom stereocenters. The van der Waals surface area contributed by atoms with E-state index in [0.717, 1.165) is 69.6 Å². The van der Waals surface area contributed by atoms with Gasteiger partial charge in [-0.3, -0.25) is 14.4 Å². The maximum atomic E-state index is 12.7. The third kappa shape index (κ3) is 40.6. The number of rotatable bonds is 44. The van der Waals surface area contributed by atoms with E-state index in [0.29, 0.717) is 19.3 Å². The molecule has 56 heavy (non-hydrogen) atoms. The van der Waals surface area contributed by atoms with Crippen LogP contribution in [0.2, 0.25) is 0 Å². The zero-order chi connectivity index (χ0) is 41.2. The smallest absolute Gasteiger partial charge is 0.306 e. The lowest BCUT2D eigenvalue weighted by atomic mass is 9.99. The fraction of sp³-hybridized carbons (Fsp3) is 0.940. The van der Waals surface area contributed by atoms with E-state index in [4.69, 9.17) is 14.2 Å². The predicted molar refractivity (Wildman–Crippen MR) is 238 cm³/mol. The molecule has 0 amide bonds. The van der Waals surface area contributed by atoms with E-state index >= 15 is 0 Å². The average molecular weight is 793 g/mol. The van der Waals surface area contributed by atoms with Gasteiger partial charge in [0.25, 0.3) is 0 Å². The third-order valence-electron chi connectivity index (χ3n) is 11.9. The second-order valence-electron chi connectivity index (χ2n) is 17.6. The summed E-state index contributed by atoms with van der Waals surface area (Å²) in [6, 6.07) is 0. The molecule has 0 saturated heterocycles. The van der Waals surface area contributed by atoms with Crippen LogP contribution in [0.1, 0.15) is 272 Å². The van der Waals surface area contributed by atoms with Gasteiger partial charge in [-0.25, -0.2) is 0 Å². The van der Waals surface area contributed by atoms with Gasteiger partial charge in [0.2, 0.25) is 0 Å². The van der Waals surface area contributed by atoms with Crippen LogP contribution in [0.4, 0.5) is 0 Å². The second kappa shape index (κ2) is 43.0. The summed E-state index contributed by atoms with van der Waals surface area (Å²) in [5, 5.41) is 0. The predicted octanol–water partition coefficient (Wildman–Crippen LogP) is 15.8. The molecule has 332 valence electrons. The van der Waals surface area contributed by atoms with Crippen LogP contribution in [0.3, 0.4) is 0 Å². The van der Waals surface area contributed by atoms with Gasteiger partial charge in [0.05, 0.1) is 0 Å². The Balaban J connectivity index is 4.30. The van der Waals surface area contributed by atoms with Crippen molar-refractivity contribution in [3.8, 4) is 0 Å². The molecule has 0 radical (unpaired) electrons. The molecule has 0 aromatic heterocycles. The van der Waals surface area contributed by atoms with Crippen LogP contribution in [-0.2, 0) is 28.6 Å². The fourth-order valence-electron chi connectivity index (χ4n) is 7.39. The van der Waals surface area contributed by atoms with Crippen LogP contribution in [0, 0.1) is 11.8 Å². The van der Waals surface area contributed by atoms with Crippen LogP contribution < -0.4 is 0 Å². The van der Waals surface area contributed by atoms with Gasteiger partial charge in [0.1, 0.15) is 13.2 Å². The van der Waals surface area contributed by atoms with Gasteiger partial charge in [-0.05, 0) is 31.1 Å². The van der Waals surface area contributed by atoms with E-state index in [-0.39, 0.29) is 31.1 Å². The molecule has 0 fully saturated rings. The molecule has 0 aromatic carbocycles. The molecule has 0 spiro atoms. The Bertz CT molecular complexity index is 858. The van der Waals surface area contributed by atoms with E-state index in [9.17, 15) is 14.4 Å². The standard InChI is InChI=1S/C50H96O6/c1-6-9-10-11-12-13-14-15-16-17-18-19-20-24-30-35-40-48(51)54-43-47(44-55-49(52)41-36-31-27-26-29-34-39-46(5)8-3)56-50(53)42-37-32-25-22-21-23-28-33-38-45(4)7-2/h45-47H,6-44H2,1-5H3/t45?,46?,47-/m0/s1. The van der Waals surface area contributed by atoms with Gasteiger partial charge in [-0.15, -0.1) is 0 Å². The first-order valence-electron chi connectivity index (χ1n) is 24.8. The maximum Gasteiger partial charge on any atom is 0.306 e. The average Bonchev–Trinajstić information content (AvgIpc) is 3.19. The van der Waals surface area contributed by atoms with Gasteiger partial charge in [0, 0.05) is 19.3 Å². The summed E-state index contributed by atoms with van der Waals surface area (Å²) in [6.07, 6.45) is 42.3. The molecule has 0 saturated carbocycles. The van der Waals surface area contributed by atoms with Gasteiger partial charge >= 0.3 is 17.9 Å². The van der Waals surface area contributed by atoms with Crippen LogP contribution in [0.25, 0.3) is 0 Å². The zero-order valence-corrected chi connectivity index (χ0v) is 38.3. The van der Waals surface area contributed by atoms with Crippen LogP contribution >= 0.6 is 0 Å². The minimum Gasteiger partial charge on any atom is -0.462 e. The summed E-state index contributed by atoms with van der Waals surface area (Å²) in [5.74, 6) is 0.803. The number of ether oxygens (including phenoxy) is 3. The molecule has 0 bridgehead atoms. The number of esters is 3. The highest BCUT2D eigenvalue weighted by atomic mass is 16.6. The first-order valence-corrected chi connectivity index (χ1v) is 24.8. The molecule has 6 nitrogen and oxygen atoms in total. The zero-order valence-electron chi connectivity index (χ0n) is 38.3. The molecule has 2 unspecified atom stereocenters. The fourth-order valence-corrected chi connectivity index (χ4v) is 7.39. The molecular weight excluding hydrogens is 697 g/mol. The minimum absolute atomic E-state index is 0.0651. The topological polar surface area (TPSA) is 78.9 Å². The molecule has 0 aliphatic rings. The molecule has 0 aliphatic carbocycles. The van der Waals surface area contributed by atoms with Crippen molar-refractivity contribution in [2.24, 2.45) is 11.8 Å². The number of carbonyl (C=O) groups is 3. The lowest BCUT2D eigenvalue weighted by Gasteiger charge is -2.18. The Morgan fingerprint density at radius 3 is 0.929 bits per heavy atom. The van der Waals surface area contributed by atoms with Crippen LogP contribution in [0.15, 0.2) is 0 Å². The Labute approximate surface area is 348 Å². The van der Waals surface area contributed by atoms with E-state index in [2.05, 4.69) is 34.6 Å². The molecular formula is C50H96O6. The lowest BCUT2D eigenvalue weighted by molar-refractivity contribution is -0.167. The van der Waals surface area contributed by atoms with Crippen molar-refractivity contribution in [1.82, 2.24) is 0 Å². The highest BCUT2D eigenvalue weighted by molar-refractivity contribution is 5.71. The molecule has 0 rings (SSSR count). The van der Waals surface area contributed by atoms with Crippen molar-refractivity contribution in [1.29, 1.82) is 0 Å². The summed E-state index contributed by atoms with van der Waals surface area (Å²) in [5.41, 5.74) is 0. The Morgan fingerprint density at radius 1 is 0.357 bits per heavy atom. The Hall–Kier alpha value is -1.59. The lowest BCUT2D eigenvalue weighted by Crippen LogP contribution is -2.30. The van der Waals surface area contributed by atoms with Gasteiger partial charge < -0.3 is 14.2 Å². The second-order valence-corrected chi connectivity index (χ2v) is 17.6. The summed E-state index contributed by atoms with van der Waals surface area (Å²) in [6.45, 7) is 11.3. The van der Waals surface area contributed by atoms with Crippen LogP contribution in [-0.4, -0.2) is 37.2 Å². The summed E-state index contributed by atoms with van der Waals surface area (Å²) in [4.78, 5) is 37.8. The van der Waals surface area contributed by atoms with Crippen LogP contribution in [0.5, 0.6) is 0 Å². The number of hydrogen-bond donors (Lipinski definition) is 0. The molecule has 0 N–H and O–H groups in total. The third-order valence-corrected chi connectivity index (χ3v) is 11.9. The molecule has 0 heterocycles. The SMILES string of the molecule is CCCCCCCCCCCCCCCCCCC(=O)OC[C@@H](COC(=O)CCCCCCCCC(C)CC)OC(=O)CCCCCCCCCCC(C)CC. The van der Waals surface area contributed by atoms with E-state index in [1.54, 1.807) is 0 Å². The Morgan fingerprint density at radius 2 is 0.625 bits per heavy atom. The molecule has 0 aliphatic heterocycles. The van der Waals surface area contributed by atoms with E-state index in [1.165, 1.54) is 161 Å². The molecule has 0 aromatic rings. The van der Waals surface area contributed by atoms with Crippen molar-refractivity contribution >= 4 is 17.9 Å². The van der Waals surface area contributed by atoms with Gasteiger partial charge in [-0.2, -0.15) is 0 Å². The largest absolute Gasteiger partial charge is 0.462 e. The first kappa shape index (κ1) is 54.4. The number of unbranched alkanes of at least 4 members (excludes halogenated alkanes) is 27. The summed E-state index contributed by atoms with van der Waals surface area (Å²) >= 11 is 0. The number of hydrogen-bond acceptors (Lipinski definition) is 6. The van der Waals surface area contributed by atoms with E-state index < -0.39 is 6.10 Å². The number of carbonyl (C=O) groups excluding carboxylic acids is 3. The summed E-state index contributed by atoms with van der Waals surface area (Å²) in [7, 11) is 0. The van der Waals surface area contributed by atoms with Gasteiger partial charge in [0.15, 0.2) is 6.10 Å². The van der Waals surface area contributed by atoms with Crippen molar-refractivity contribution < 1.29 is 28.6 Å². The maximum absolute atomic E-state index is 12.7. The quantitative estimate of drug-likeness (QED) is 0.0347. The Kier molecular flexibility index (Phi) is 41.8. The van der Waals surface area contributed by atoms with Crippen molar-refractivity contribution in [3.05, 3.63) is 0 Å². The minimum atomic E-state index is -0.762. The van der Waals surface area contributed by atoms with Crippen molar-refractivity contribution in [2.75, 3.05) is 13.2 Å². The normalized spacial score (nSPS) is 13.0. The van der Waals surface area contributed by atoms with Crippen molar-refractivity contribution in [3.63, 3.8) is 0 Å². The van der Waals surface area contributed by atoms with Crippen molar-refractivity contribution in [2.45, 2.75) is 278 Å².